The van der Waals surface area contributed by atoms with Crippen molar-refractivity contribution in [2.75, 3.05) is 10.8 Å². The number of benzene rings is 1. The molecule has 0 saturated heterocycles. The van der Waals surface area contributed by atoms with Gasteiger partial charge in [-0.2, -0.15) is 0 Å². The molecular weight excluding hydrogens is 281 g/mol. The lowest BCUT2D eigenvalue weighted by Gasteiger charge is -2.22. The first kappa shape index (κ1) is 14.5. The lowest BCUT2D eigenvalue weighted by molar-refractivity contribution is 0.591. The van der Waals surface area contributed by atoms with E-state index in [4.69, 9.17) is 5.73 Å². The summed E-state index contributed by atoms with van der Waals surface area (Å²) >= 11 is 0. The second-order valence-electron chi connectivity index (χ2n) is 4.21. The highest BCUT2D eigenvalue weighted by molar-refractivity contribution is 7.92. The summed E-state index contributed by atoms with van der Waals surface area (Å²) < 4.78 is 39.5. The van der Waals surface area contributed by atoms with Crippen LogP contribution in [0.5, 0.6) is 0 Å². The molecule has 0 aliphatic carbocycles. The normalized spacial score (nSPS) is 11.6. The van der Waals surface area contributed by atoms with Crippen LogP contribution in [0.4, 0.5) is 10.1 Å². The Bertz CT molecular complexity index is 697. The maximum Gasteiger partial charge on any atom is 0.265 e. The number of H-pyrrole nitrogens is 1. The van der Waals surface area contributed by atoms with Crippen LogP contribution in [0.15, 0.2) is 41.4 Å². The Balaban J connectivity index is 2.44. The van der Waals surface area contributed by atoms with E-state index >= 15 is 0 Å². The summed E-state index contributed by atoms with van der Waals surface area (Å²) in [5.41, 5.74) is 6.38. The number of anilines is 1. The fraction of sp³-hybridized carbons (Fsp3) is 0.231. The number of halogens is 1. The van der Waals surface area contributed by atoms with Gasteiger partial charge in [-0.15, -0.1) is 0 Å². The fourth-order valence-corrected chi connectivity index (χ4v) is 3.42. The van der Waals surface area contributed by atoms with E-state index in [0.29, 0.717) is 11.4 Å². The van der Waals surface area contributed by atoms with Crippen molar-refractivity contribution in [1.29, 1.82) is 0 Å². The zero-order valence-corrected chi connectivity index (χ0v) is 11.8. The molecule has 0 radical (unpaired) electrons. The van der Waals surface area contributed by atoms with Crippen molar-refractivity contribution in [3.05, 3.63) is 48.0 Å². The van der Waals surface area contributed by atoms with Gasteiger partial charge in [0.2, 0.25) is 0 Å². The van der Waals surface area contributed by atoms with Gasteiger partial charge in [0.25, 0.3) is 10.0 Å². The average Bonchev–Trinajstić information content (AvgIpc) is 2.89. The minimum Gasteiger partial charge on any atom is -0.363 e. The highest BCUT2D eigenvalue weighted by Crippen LogP contribution is 2.24. The maximum absolute atomic E-state index is 13.3. The molecule has 1 aromatic carbocycles. The van der Waals surface area contributed by atoms with E-state index in [2.05, 4.69) is 4.98 Å². The van der Waals surface area contributed by atoms with E-state index in [0.717, 1.165) is 4.31 Å². The van der Waals surface area contributed by atoms with Crippen LogP contribution in [-0.2, 0) is 16.6 Å². The number of hydrogen-bond acceptors (Lipinski definition) is 3. The van der Waals surface area contributed by atoms with E-state index in [1.165, 1.54) is 30.5 Å². The van der Waals surface area contributed by atoms with Gasteiger partial charge in [0.15, 0.2) is 0 Å². The number of hydrogen-bond donors (Lipinski definition) is 2. The van der Waals surface area contributed by atoms with Gasteiger partial charge in [0.1, 0.15) is 10.7 Å². The molecule has 2 rings (SSSR count). The molecule has 7 heteroatoms. The summed E-state index contributed by atoms with van der Waals surface area (Å²) in [4.78, 5) is 2.91. The molecule has 0 saturated carbocycles. The van der Waals surface area contributed by atoms with Crippen molar-refractivity contribution < 1.29 is 12.8 Å². The van der Waals surface area contributed by atoms with E-state index in [9.17, 15) is 12.8 Å². The molecule has 0 unspecified atom stereocenters. The van der Waals surface area contributed by atoms with Gasteiger partial charge in [-0.3, -0.25) is 4.31 Å². The third-order valence-electron chi connectivity index (χ3n) is 2.91. The van der Waals surface area contributed by atoms with E-state index in [1.54, 1.807) is 13.0 Å². The molecule has 1 heterocycles. The highest BCUT2D eigenvalue weighted by atomic mass is 32.2. The highest BCUT2D eigenvalue weighted by Gasteiger charge is 2.24. The lowest BCUT2D eigenvalue weighted by Crippen LogP contribution is -2.30. The average molecular weight is 297 g/mol. The van der Waals surface area contributed by atoms with E-state index < -0.39 is 15.8 Å². The molecule has 0 bridgehead atoms. The van der Waals surface area contributed by atoms with Crippen molar-refractivity contribution in [2.45, 2.75) is 18.4 Å². The number of sulfonamides is 1. The van der Waals surface area contributed by atoms with Gasteiger partial charge in [-0.1, -0.05) is 6.07 Å². The van der Waals surface area contributed by atoms with Crippen molar-refractivity contribution in [2.24, 2.45) is 5.73 Å². The molecule has 3 N–H and O–H groups in total. The number of aromatic nitrogens is 1. The van der Waals surface area contributed by atoms with Crippen molar-refractivity contribution in [3.63, 3.8) is 0 Å². The van der Waals surface area contributed by atoms with E-state index in [-0.39, 0.29) is 18.0 Å². The number of nitrogens with two attached hydrogens (primary N) is 1. The second-order valence-corrected chi connectivity index (χ2v) is 6.08. The van der Waals surface area contributed by atoms with Crippen LogP contribution >= 0.6 is 0 Å². The molecule has 108 valence electrons. The van der Waals surface area contributed by atoms with Crippen LogP contribution in [0.1, 0.15) is 12.6 Å². The summed E-state index contributed by atoms with van der Waals surface area (Å²) in [5, 5.41) is 0. The maximum atomic E-state index is 13.3. The monoisotopic (exact) mass is 297 g/mol. The number of nitrogens with zero attached hydrogens (tertiary/aromatic N) is 1. The Morgan fingerprint density at radius 3 is 2.65 bits per heavy atom. The van der Waals surface area contributed by atoms with Crippen LogP contribution in [0.3, 0.4) is 0 Å². The molecular formula is C13H16FN3O2S. The van der Waals surface area contributed by atoms with Crippen molar-refractivity contribution in [1.82, 2.24) is 4.98 Å². The standard InChI is InChI=1S/C13H16FN3O2S/c1-2-17(12-5-3-4-10(14)6-12)20(18,19)13-7-11(8-15)16-9-13/h3-7,9,16H,2,8,15H2,1H3. The van der Waals surface area contributed by atoms with Crippen LogP contribution in [0.25, 0.3) is 0 Å². The smallest absolute Gasteiger partial charge is 0.265 e. The zero-order chi connectivity index (χ0) is 14.8. The Morgan fingerprint density at radius 1 is 1.35 bits per heavy atom. The Labute approximate surface area is 117 Å². The van der Waals surface area contributed by atoms with Crippen LogP contribution in [-0.4, -0.2) is 19.9 Å². The SMILES string of the molecule is CCN(c1cccc(F)c1)S(=O)(=O)c1c[nH]c(CN)c1. The Kier molecular flexibility index (Phi) is 4.10. The molecule has 0 aliphatic heterocycles. The van der Waals surface area contributed by atoms with Gasteiger partial charge in [0.05, 0.1) is 5.69 Å². The third-order valence-corrected chi connectivity index (χ3v) is 4.79. The minimum absolute atomic E-state index is 0.115. The summed E-state index contributed by atoms with van der Waals surface area (Å²) in [6.07, 6.45) is 1.39. The predicted molar refractivity (Wildman–Crippen MR) is 75.3 cm³/mol. The van der Waals surface area contributed by atoms with Gasteiger partial charge < -0.3 is 10.7 Å². The number of nitrogens with one attached hydrogen (secondary N) is 1. The molecule has 20 heavy (non-hydrogen) atoms. The second kappa shape index (κ2) is 5.64. The van der Waals surface area contributed by atoms with E-state index in [1.807, 2.05) is 0 Å². The molecule has 0 spiro atoms. The largest absolute Gasteiger partial charge is 0.363 e. The number of aromatic amines is 1. The zero-order valence-electron chi connectivity index (χ0n) is 11.0. The Hall–Kier alpha value is -1.86. The van der Waals surface area contributed by atoms with Crippen LogP contribution in [0.2, 0.25) is 0 Å². The van der Waals surface area contributed by atoms with Gasteiger partial charge >= 0.3 is 0 Å². The molecule has 2 aromatic rings. The van der Waals surface area contributed by atoms with Crippen molar-refractivity contribution >= 4 is 15.7 Å². The number of rotatable bonds is 5. The van der Waals surface area contributed by atoms with Crippen LogP contribution in [0, 0.1) is 5.82 Å². The van der Waals surface area contributed by atoms with Gasteiger partial charge in [0, 0.05) is 25.0 Å². The molecule has 5 nitrogen and oxygen atoms in total. The fourth-order valence-electron chi connectivity index (χ4n) is 1.94. The summed E-state index contributed by atoms with van der Waals surface area (Å²) in [6, 6.07) is 6.98. The lowest BCUT2D eigenvalue weighted by atomic mass is 10.3. The summed E-state index contributed by atoms with van der Waals surface area (Å²) in [6.45, 7) is 2.12. The summed E-state index contributed by atoms with van der Waals surface area (Å²) in [7, 11) is -3.73. The van der Waals surface area contributed by atoms with Crippen LogP contribution < -0.4 is 10.0 Å². The Morgan fingerprint density at radius 2 is 2.10 bits per heavy atom. The quantitative estimate of drug-likeness (QED) is 0.883. The molecule has 0 atom stereocenters. The first-order chi connectivity index (χ1) is 9.48. The third kappa shape index (κ3) is 2.68. The topological polar surface area (TPSA) is 79.2 Å². The summed E-state index contributed by atoms with van der Waals surface area (Å²) in [5.74, 6) is -0.479. The molecule has 1 aromatic heterocycles. The van der Waals surface area contributed by atoms with Gasteiger partial charge in [-0.25, -0.2) is 12.8 Å². The first-order valence-corrected chi connectivity index (χ1v) is 7.58. The van der Waals surface area contributed by atoms with Crippen molar-refractivity contribution in [3.8, 4) is 0 Å². The molecule has 0 fully saturated rings. The predicted octanol–water partition coefficient (Wildman–Crippen LogP) is 1.83. The minimum atomic E-state index is -3.73. The molecule has 0 amide bonds. The first-order valence-electron chi connectivity index (χ1n) is 6.14. The van der Waals surface area contributed by atoms with Gasteiger partial charge in [-0.05, 0) is 31.2 Å². The molecule has 0 aliphatic rings.